The molecule has 1 heterocycles. The molecule has 0 bridgehead atoms. The summed E-state index contributed by atoms with van der Waals surface area (Å²) in [6.07, 6.45) is 0.305. The minimum Gasteiger partial charge on any atom is -0.410 e. The summed E-state index contributed by atoms with van der Waals surface area (Å²) in [6.45, 7) is 2.89. The Morgan fingerprint density at radius 3 is 2.61 bits per heavy atom. The average Bonchev–Trinajstić information content (AvgIpc) is 2.55. The van der Waals surface area contributed by atoms with Crippen molar-refractivity contribution in [2.24, 2.45) is 0 Å². The SMILES string of the molecule is CC(=O)N1CCc2ccc(NC(=O)Oc3ccccc3)cc2C1. The maximum absolute atomic E-state index is 11.9. The number of anilines is 1. The van der Waals surface area contributed by atoms with Crippen molar-refractivity contribution in [3.63, 3.8) is 0 Å². The summed E-state index contributed by atoms with van der Waals surface area (Å²) in [5, 5.41) is 2.72. The molecule has 0 atom stereocenters. The van der Waals surface area contributed by atoms with Gasteiger partial charge in [-0.1, -0.05) is 24.3 Å². The number of nitrogens with zero attached hydrogens (tertiary/aromatic N) is 1. The molecule has 0 radical (unpaired) electrons. The van der Waals surface area contributed by atoms with Gasteiger partial charge in [0, 0.05) is 25.7 Å². The molecule has 2 amide bonds. The highest BCUT2D eigenvalue weighted by Gasteiger charge is 2.18. The fraction of sp³-hybridized carbons (Fsp3) is 0.222. The van der Waals surface area contributed by atoms with E-state index in [2.05, 4.69) is 5.32 Å². The van der Waals surface area contributed by atoms with Gasteiger partial charge in [-0.05, 0) is 41.8 Å². The van der Waals surface area contributed by atoms with Crippen molar-refractivity contribution in [3.05, 3.63) is 59.7 Å². The molecule has 23 heavy (non-hydrogen) atoms. The third-order valence-electron chi connectivity index (χ3n) is 3.86. The molecule has 0 unspecified atom stereocenters. The Labute approximate surface area is 134 Å². The number of nitrogens with one attached hydrogen (secondary N) is 1. The lowest BCUT2D eigenvalue weighted by atomic mass is 9.99. The zero-order chi connectivity index (χ0) is 16.2. The molecule has 1 aliphatic heterocycles. The molecule has 0 aromatic heterocycles. The second kappa shape index (κ2) is 6.52. The van der Waals surface area contributed by atoms with Crippen LogP contribution in [0, 0.1) is 0 Å². The van der Waals surface area contributed by atoms with Crippen LogP contribution < -0.4 is 10.1 Å². The van der Waals surface area contributed by atoms with Crippen molar-refractivity contribution in [2.45, 2.75) is 19.9 Å². The van der Waals surface area contributed by atoms with Gasteiger partial charge in [-0.3, -0.25) is 10.1 Å². The van der Waals surface area contributed by atoms with E-state index in [0.717, 1.165) is 18.5 Å². The highest BCUT2D eigenvalue weighted by Crippen LogP contribution is 2.23. The van der Waals surface area contributed by atoms with Crippen LogP contribution in [0.3, 0.4) is 0 Å². The van der Waals surface area contributed by atoms with E-state index in [0.29, 0.717) is 18.0 Å². The zero-order valence-electron chi connectivity index (χ0n) is 12.9. The van der Waals surface area contributed by atoms with Gasteiger partial charge in [-0.2, -0.15) is 0 Å². The normalized spacial score (nSPS) is 13.2. The molecular weight excluding hydrogens is 292 g/mol. The van der Waals surface area contributed by atoms with Gasteiger partial charge in [0.05, 0.1) is 0 Å². The van der Waals surface area contributed by atoms with Crippen LogP contribution in [0.2, 0.25) is 0 Å². The maximum atomic E-state index is 11.9. The summed E-state index contributed by atoms with van der Waals surface area (Å²) in [5.41, 5.74) is 2.93. The van der Waals surface area contributed by atoms with Crippen LogP contribution in [0.15, 0.2) is 48.5 Å². The first-order valence-electron chi connectivity index (χ1n) is 7.53. The predicted molar refractivity (Wildman–Crippen MR) is 87.3 cm³/mol. The Hall–Kier alpha value is -2.82. The van der Waals surface area contributed by atoms with Crippen molar-refractivity contribution >= 4 is 17.7 Å². The molecule has 1 aliphatic rings. The molecule has 118 valence electrons. The molecule has 0 fully saturated rings. The highest BCUT2D eigenvalue weighted by atomic mass is 16.6. The summed E-state index contributed by atoms with van der Waals surface area (Å²) in [6, 6.07) is 14.6. The topological polar surface area (TPSA) is 58.6 Å². The number of carbonyl (C=O) groups excluding carboxylic acids is 2. The third kappa shape index (κ3) is 3.69. The number of para-hydroxylation sites is 1. The standard InChI is InChI=1S/C18H18N2O3/c1-13(21)20-10-9-14-7-8-16(11-15(14)12-20)19-18(22)23-17-5-3-2-4-6-17/h2-8,11H,9-10,12H2,1H3,(H,19,22). The van der Waals surface area contributed by atoms with Crippen LogP contribution in [0.25, 0.3) is 0 Å². The lowest BCUT2D eigenvalue weighted by molar-refractivity contribution is -0.129. The Balaban J connectivity index is 1.68. The molecule has 0 aliphatic carbocycles. The van der Waals surface area contributed by atoms with Crippen LogP contribution in [0.4, 0.5) is 10.5 Å². The Morgan fingerprint density at radius 1 is 1.09 bits per heavy atom. The van der Waals surface area contributed by atoms with Crippen LogP contribution in [0.1, 0.15) is 18.1 Å². The first-order valence-corrected chi connectivity index (χ1v) is 7.53. The fourth-order valence-corrected chi connectivity index (χ4v) is 2.64. The summed E-state index contributed by atoms with van der Waals surface area (Å²) in [7, 11) is 0. The number of carbonyl (C=O) groups is 2. The maximum Gasteiger partial charge on any atom is 0.417 e. The lowest BCUT2D eigenvalue weighted by Gasteiger charge is -2.28. The van der Waals surface area contributed by atoms with Gasteiger partial charge in [-0.25, -0.2) is 4.79 Å². The summed E-state index contributed by atoms with van der Waals surface area (Å²) in [4.78, 5) is 25.2. The number of benzene rings is 2. The lowest BCUT2D eigenvalue weighted by Crippen LogP contribution is -2.34. The Bertz CT molecular complexity index is 728. The highest BCUT2D eigenvalue weighted by molar-refractivity contribution is 5.86. The van der Waals surface area contributed by atoms with E-state index in [9.17, 15) is 9.59 Å². The summed E-state index contributed by atoms with van der Waals surface area (Å²) >= 11 is 0. The third-order valence-corrected chi connectivity index (χ3v) is 3.86. The van der Waals surface area contributed by atoms with E-state index in [1.165, 1.54) is 5.56 Å². The van der Waals surface area contributed by atoms with Crippen molar-refractivity contribution in [3.8, 4) is 5.75 Å². The minimum atomic E-state index is -0.532. The summed E-state index contributed by atoms with van der Waals surface area (Å²) < 4.78 is 5.21. The molecule has 5 nitrogen and oxygen atoms in total. The number of hydrogen-bond acceptors (Lipinski definition) is 3. The minimum absolute atomic E-state index is 0.0671. The number of rotatable bonds is 2. The van der Waals surface area contributed by atoms with Gasteiger partial charge < -0.3 is 9.64 Å². The van der Waals surface area contributed by atoms with Crippen LogP contribution in [-0.4, -0.2) is 23.4 Å². The number of ether oxygens (including phenoxy) is 1. The number of hydrogen-bond donors (Lipinski definition) is 1. The monoisotopic (exact) mass is 310 g/mol. The van der Waals surface area contributed by atoms with Crippen molar-refractivity contribution in [2.75, 3.05) is 11.9 Å². The molecule has 2 aromatic carbocycles. The van der Waals surface area contributed by atoms with Gasteiger partial charge in [-0.15, -0.1) is 0 Å². The first-order chi connectivity index (χ1) is 11.1. The summed E-state index contributed by atoms with van der Waals surface area (Å²) in [5.74, 6) is 0.559. The zero-order valence-corrected chi connectivity index (χ0v) is 12.9. The molecule has 5 heteroatoms. The quantitative estimate of drug-likeness (QED) is 0.926. The smallest absolute Gasteiger partial charge is 0.410 e. The van der Waals surface area contributed by atoms with Gasteiger partial charge in [0.1, 0.15) is 5.75 Å². The van der Waals surface area contributed by atoms with E-state index in [1.807, 2.05) is 24.3 Å². The van der Waals surface area contributed by atoms with E-state index >= 15 is 0 Å². The number of fused-ring (bicyclic) bond motifs is 1. The molecule has 0 saturated heterocycles. The molecular formula is C18H18N2O3. The van der Waals surface area contributed by atoms with Crippen molar-refractivity contribution < 1.29 is 14.3 Å². The van der Waals surface area contributed by atoms with Crippen molar-refractivity contribution in [1.82, 2.24) is 4.90 Å². The van der Waals surface area contributed by atoms with Crippen LogP contribution >= 0.6 is 0 Å². The molecule has 0 saturated carbocycles. The van der Waals surface area contributed by atoms with Crippen LogP contribution in [-0.2, 0) is 17.8 Å². The van der Waals surface area contributed by atoms with Gasteiger partial charge in [0.25, 0.3) is 0 Å². The molecule has 3 rings (SSSR count). The second-order valence-electron chi connectivity index (χ2n) is 5.50. The first kappa shape index (κ1) is 15.1. The predicted octanol–water partition coefficient (Wildman–Crippen LogP) is 3.20. The Morgan fingerprint density at radius 2 is 1.87 bits per heavy atom. The second-order valence-corrected chi connectivity index (χ2v) is 5.50. The Kier molecular flexibility index (Phi) is 4.28. The van der Waals surface area contributed by atoms with Crippen LogP contribution in [0.5, 0.6) is 5.75 Å². The van der Waals surface area contributed by atoms with Crippen molar-refractivity contribution in [1.29, 1.82) is 0 Å². The van der Waals surface area contributed by atoms with Gasteiger partial charge in [0.2, 0.25) is 5.91 Å². The molecule has 2 aromatic rings. The van der Waals surface area contributed by atoms with E-state index in [1.54, 1.807) is 36.1 Å². The fourth-order valence-electron chi connectivity index (χ4n) is 2.64. The van der Waals surface area contributed by atoms with E-state index in [-0.39, 0.29) is 5.91 Å². The van der Waals surface area contributed by atoms with Gasteiger partial charge in [0.15, 0.2) is 0 Å². The largest absolute Gasteiger partial charge is 0.417 e. The average molecular weight is 310 g/mol. The van der Waals surface area contributed by atoms with E-state index in [4.69, 9.17) is 4.74 Å². The van der Waals surface area contributed by atoms with Gasteiger partial charge >= 0.3 is 6.09 Å². The molecule has 0 spiro atoms. The van der Waals surface area contributed by atoms with E-state index < -0.39 is 6.09 Å². The molecule has 1 N–H and O–H groups in total. The number of amides is 2.